The van der Waals surface area contributed by atoms with Gasteiger partial charge in [-0.25, -0.2) is 4.79 Å². The van der Waals surface area contributed by atoms with Gasteiger partial charge in [0.15, 0.2) is 0 Å². The van der Waals surface area contributed by atoms with Crippen LogP contribution in [0.25, 0.3) is 0 Å². The largest absolute Gasteiger partial charge is 0.497 e. The first-order valence-electron chi connectivity index (χ1n) is 6.93. The molecule has 1 rings (SSSR count). The summed E-state index contributed by atoms with van der Waals surface area (Å²) in [6.45, 7) is 4.20. The summed E-state index contributed by atoms with van der Waals surface area (Å²) in [7, 11) is 1.63. The van der Waals surface area contributed by atoms with Crippen molar-refractivity contribution in [2.24, 2.45) is 0 Å². The third-order valence-corrected chi connectivity index (χ3v) is 2.84. The van der Waals surface area contributed by atoms with Crippen molar-refractivity contribution in [1.29, 1.82) is 0 Å². The molecule has 0 aromatic heterocycles. The van der Waals surface area contributed by atoms with Crippen molar-refractivity contribution in [2.45, 2.75) is 26.3 Å². The van der Waals surface area contributed by atoms with E-state index in [4.69, 9.17) is 4.74 Å². The predicted octanol–water partition coefficient (Wildman–Crippen LogP) is 1.06. The van der Waals surface area contributed by atoms with Gasteiger partial charge in [0.25, 0.3) is 0 Å². The number of nitrogens with one attached hydrogen (secondary N) is 3. The highest BCUT2D eigenvalue weighted by molar-refractivity contribution is 5.74. The molecule has 6 nitrogen and oxygen atoms in total. The van der Waals surface area contributed by atoms with E-state index in [-0.39, 0.29) is 18.0 Å². The zero-order chi connectivity index (χ0) is 15.7. The van der Waals surface area contributed by atoms with Crippen molar-refractivity contribution in [3.8, 4) is 5.75 Å². The number of methoxy groups -OCH3 is 1. The van der Waals surface area contributed by atoms with E-state index in [1.807, 2.05) is 31.2 Å². The molecule has 3 amide bonds. The number of hydrogen-bond donors (Lipinski definition) is 3. The molecule has 0 fully saturated rings. The SMILES string of the molecule is COc1cccc(C[C@@H](C)NC(=O)NCCNC(C)=O)c1. The minimum atomic E-state index is -0.240. The van der Waals surface area contributed by atoms with E-state index in [0.29, 0.717) is 13.1 Å². The third-order valence-electron chi connectivity index (χ3n) is 2.84. The van der Waals surface area contributed by atoms with Crippen LogP contribution in [0.2, 0.25) is 0 Å². The van der Waals surface area contributed by atoms with Crippen LogP contribution in [0.15, 0.2) is 24.3 Å². The van der Waals surface area contributed by atoms with Crippen molar-refractivity contribution >= 4 is 11.9 Å². The first kappa shape index (κ1) is 16.8. The minimum Gasteiger partial charge on any atom is -0.497 e. The topological polar surface area (TPSA) is 79.5 Å². The normalized spacial score (nSPS) is 11.4. The smallest absolute Gasteiger partial charge is 0.315 e. The van der Waals surface area contributed by atoms with E-state index in [1.165, 1.54) is 6.92 Å². The fourth-order valence-corrected chi connectivity index (χ4v) is 1.89. The van der Waals surface area contributed by atoms with Crippen LogP contribution in [-0.2, 0) is 11.2 Å². The molecule has 0 saturated carbocycles. The van der Waals surface area contributed by atoms with Crippen LogP contribution in [-0.4, -0.2) is 38.2 Å². The zero-order valence-corrected chi connectivity index (χ0v) is 12.7. The zero-order valence-electron chi connectivity index (χ0n) is 12.7. The van der Waals surface area contributed by atoms with Crippen molar-refractivity contribution < 1.29 is 14.3 Å². The number of benzene rings is 1. The minimum absolute atomic E-state index is 0.00197. The Labute approximate surface area is 125 Å². The van der Waals surface area contributed by atoms with Crippen molar-refractivity contribution in [3.63, 3.8) is 0 Å². The number of ether oxygens (including phenoxy) is 1. The molecule has 21 heavy (non-hydrogen) atoms. The van der Waals surface area contributed by atoms with Gasteiger partial charge in [-0.1, -0.05) is 12.1 Å². The molecule has 1 atom stereocenters. The fourth-order valence-electron chi connectivity index (χ4n) is 1.89. The summed E-state index contributed by atoms with van der Waals surface area (Å²) in [4.78, 5) is 22.3. The Morgan fingerprint density at radius 1 is 1.24 bits per heavy atom. The third kappa shape index (κ3) is 7.20. The molecule has 0 aliphatic carbocycles. The summed E-state index contributed by atoms with van der Waals surface area (Å²) in [6.07, 6.45) is 0.719. The van der Waals surface area contributed by atoms with Crippen LogP contribution in [0.4, 0.5) is 4.79 Å². The lowest BCUT2D eigenvalue weighted by molar-refractivity contribution is -0.118. The number of carbonyl (C=O) groups is 2. The van der Waals surface area contributed by atoms with Crippen LogP contribution < -0.4 is 20.7 Å². The molecule has 3 N–H and O–H groups in total. The standard InChI is InChI=1S/C15H23N3O3/c1-11(9-13-5-4-6-14(10-13)21-3)18-15(20)17-8-7-16-12(2)19/h4-6,10-11H,7-9H2,1-3H3,(H,16,19)(H2,17,18,20)/t11-/m1/s1. The first-order chi connectivity index (χ1) is 10.0. The highest BCUT2D eigenvalue weighted by Crippen LogP contribution is 2.13. The lowest BCUT2D eigenvalue weighted by Crippen LogP contribution is -2.44. The second-order valence-corrected chi connectivity index (χ2v) is 4.84. The number of hydrogen-bond acceptors (Lipinski definition) is 3. The summed E-state index contributed by atoms with van der Waals surface area (Å²) in [5.74, 6) is 0.697. The fraction of sp³-hybridized carbons (Fsp3) is 0.467. The van der Waals surface area contributed by atoms with Gasteiger partial charge in [0.05, 0.1) is 7.11 Å². The molecule has 116 valence electrons. The highest BCUT2D eigenvalue weighted by atomic mass is 16.5. The van der Waals surface area contributed by atoms with E-state index in [9.17, 15) is 9.59 Å². The van der Waals surface area contributed by atoms with Crippen LogP contribution >= 0.6 is 0 Å². The monoisotopic (exact) mass is 293 g/mol. The first-order valence-corrected chi connectivity index (χ1v) is 6.93. The Kier molecular flexibility index (Phi) is 7.08. The van der Waals surface area contributed by atoms with E-state index < -0.39 is 0 Å². The maximum Gasteiger partial charge on any atom is 0.315 e. The van der Waals surface area contributed by atoms with E-state index in [0.717, 1.165) is 17.7 Å². The molecule has 1 aromatic rings. The van der Waals surface area contributed by atoms with E-state index in [1.54, 1.807) is 7.11 Å². The molecule has 0 aliphatic rings. The molecule has 0 bridgehead atoms. The van der Waals surface area contributed by atoms with Crippen LogP contribution in [0.3, 0.4) is 0 Å². The van der Waals surface area contributed by atoms with E-state index in [2.05, 4.69) is 16.0 Å². The maximum absolute atomic E-state index is 11.7. The number of carbonyl (C=O) groups excluding carboxylic acids is 2. The Morgan fingerprint density at radius 2 is 1.95 bits per heavy atom. The van der Waals surface area contributed by atoms with Gasteiger partial charge in [0, 0.05) is 26.1 Å². The summed E-state index contributed by atoms with van der Waals surface area (Å²) in [5.41, 5.74) is 1.10. The second kappa shape index (κ2) is 8.84. The number of urea groups is 1. The number of amides is 3. The van der Waals surface area contributed by atoms with Crippen molar-refractivity contribution in [2.75, 3.05) is 20.2 Å². The second-order valence-electron chi connectivity index (χ2n) is 4.84. The molecule has 0 unspecified atom stereocenters. The van der Waals surface area contributed by atoms with Gasteiger partial charge in [-0.2, -0.15) is 0 Å². The van der Waals surface area contributed by atoms with Crippen LogP contribution in [0, 0.1) is 0 Å². The van der Waals surface area contributed by atoms with Gasteiger partial charge in [0.1, 0.15) is 5.75 Å². The summed E-state index contributed by atoms with van der Waals surface area (Å²) < 4.78 is 5.17. The van der Waals surface area contributed by atoms with Crippen LogP contribution in [0.1, 0.15) is 19.4 Å². The average Bonchev–Trinajstić information content (AvgIpc) is 2.43. The van der Waals surface area contributed by atoms with Gasteiger partial charge < -0.3 is 20.7 Å². The van der Waals surface area contributed by atoms with Gasteiger partial charge in [-0.15, -0.1) is 0 Å². The Hall–Kier alpha value is -2.24. The van der Waals surface area contributed by atoms with Gasteiger partial charge in [0.2, 0.25) is 5.91 Å². The van der Waals surface area contributed by atoms with E-state index >= 15 is 0 Å². The maximum atomic E-state index is 11.7. The highest BCUT2D eigenvalue weighted by Gasteiger charge is 2.08. The molecule has 6 heteroatoms. The lowest BCUT2D eigenvalue weighted by atomic mass is 10.1. The predicted molar refractivity (Wildman–Crippen MR) is 81.4 cm³/mol. The van der Waals surface area contributed by atoms with Gasteiger partial charge >= 0.3 is 6.03 Å². The molecule has 0 aliphatic heterocycles. The Bertz CT molecular complexity index is 477. The summed E-state index contributed by atoms with van der Waals surface area (Å²) >= 11 is 0. The molecular formula is C15H23N3O3. The average molecular weight is 293 g/mol. The van der Waals surface area contributed by atoms with Crippen molar-refractivity contribution in [1.82, 2.24) is 16.0 Å². The Morgan fingerprint density at radius 3 is 2.62 bits per heavy atom. The molecule has 0 spiro atoms. The molecule has 0 radical (unpaired) electrons. The molecular weight excluding hydrogens is 270 g/mol. The van der Waals surface area contributed by atoms with Crippen molar-refractivity contribution in [3.05, 3.63) is 29.8 Å². The summed E-state index contributed by atoms with van der Waals surface area (Å²) in [6, 6.07) is 7.51. The quantitative estimate of drug-likeness (QED) is 0.658. The Balaban J connectivity index is 2.30. The van der Waals surface area contributed by atoms with Gasteiger partial charge in [-0.3, -0.25) is 4.79 Å². The summed E-state index contributed by atoms with van der Waals surface area (Å²) in [5, 5.41) is 8.15. The molecule has 0 saturated heterocycles. The molecule has 1 aromatic carbocycles. The van der Waals surface area contributed by atoms with Gasteiger partial charge in [-0.05, 0) is 31.0 Å². The lowest BCUT2D eigenvalue weighted by Gasteiger charge is -2.15. The molecule has 0 heterocycles. The van der Waals surface area contributed by atoms with Crippen LogP contribution in [0.5, 0.6) is 5.75 Å². The number of rotatable bonds is 7.